The van der Waals surface area contributed by atoms with Crippen molar-refractivity contribution in [1.82, 2.24) is 0 Å². The lowest BCUT2D eigenvalue weighted by Crippen LogP contribution is -2.45. The van der Waals surface area contributed by atoms with Crippen molar-refractivity contribution < 1.29 is 19.1 Å². The number of carbonyl (C=O) groups excluding carboxylic acids is 3. The number of benzene rings is 5. The van der Waals surface area contributed by atoms with Crippen LogP contribution < -0.4 is 9.64 Å². The first-order chi connectivity index (χ1) is 22.9. The number of Topliss-reactive ketones (excluding diaryl/α,β-unsaturated/α-hetero) is 1. The normalized spacial score (nSPS) is 24.7. The molecule has 2 amide bonds. The smallest absolute Gasteiger partial charge is 0.239 e. The highest BCUT2D eigenvalue weighted by Gasteiger charge is 2.82. The van der Waals surface area contributed by atoms with E-state index >= 15 is 14.4 Å². The molecule has 8 rings (SSSR count). The fraction of sp³-hybridized carbons (Fsp3) is 0.125. The van der Waals surface area contributed by atoms with Crippen LogP contribution in [0.2, 0.25) is 10.0 Å². The van der Waals surface area contributed by atoms with E-state index in [0.717, 1.165) is 11.1 Å². The van der Waals surface area contributed by atoms with E-state index in [2.05, 4.69) is 0 Å². The minimum atomic E-state index is -1.54. The van der Waals surface area contributed by atoms with E-state index in [9.17, 15) is 0 Å². The molecule has 1 saturated heterocycles. The number of ether oxygens (including phenoxy) is 1. The van der Waals surface area contributed by atoms with Crippen molar-refractivity contribution in [3.63, 3.8) is 0 Å². The zero-order valence-electron chi connectivity index (χ0n) is 25.2. The highest BCUT2D eigenvalue weighted by molar-refractivity contribution is 6.39. The molecule has 0 spiro atoms. The molecule has 0 unspecified atom stereocenters. The van der Waals surface area contributed by atoms with Crippen molar-refractivity contribution in [2.45, 2.75) is 10.8 Å². The van der Waals surface area contributed by atoms with Crippen LogP contribution in [0.15, 0.2) is 133 Å². The number of ketones is 1. The van der Waals surface area contributed by atoms with E-state index in [4.69, 9.17) is 27.9 Å². The number of nitrogens with zero attached hydrogens (tertiary/aromatic N) is 1. The van der Waals surface area contributed by atoms with Crippen molar-refractivity contribution in [3.05, 3.63) is 166 Å². The molecule has 5 aromatic carbocycles. The largest absolute Gasteiger partial charge is 0.495 e. The first-order valence-electron chi connectivity index (χ1n) is 15.3. The zero-order chi connectivity index (χ0) is 32.5. The summed E-state index contributed by atoms with van der Waals surface area (Å²) >= 11 is 12.8. The monoisotopic (exact) mass is 655 g/mol. The fourth-order valence-electron chi connectivity index (χ4n) is 8.41. The Labute approximate surface area is 282 Å². The molecule has 1 aliphatic heterocycles. The van der Waals surface area contributed by atoms with Crippen molar-refractivity contribution in [2.24, 2.45) is 11.8 Å². The lowest BCUT2D eigenvalue weighted by Gasteiger charge is -2.39. The number of halogens is 2. The van der Waals surface area contributed by atoms with Crippen molar-refractivity contribution >= 4 is 57.6 Å². The van der Waals surface area contributed by atoms with Gasteiger partial charge < -0.3 is 4.74 Å². The molecule has 3 aliphatic rings. The molecule has 4 atom stereocenters. The van der Waals surface area contributed by atoms with Crippen LogP contribution in [-0.4, -0.2) is 24.7 Å². The highest BCUT2D eigenvalue weighted by Crippen LogP contribution is 2.74. The van der Waals surface area contributed by atoms with Crippen LogP contribution in [0.25, 0.3) is 11.1 Å². The predicted molar refractivity (Wildman–Crippen MR) is 183 cm³/mol. The number of methoxy groups -OCH3 is 1. The maximum atomic E-state index is 16.0. The van der Waals surface area contributed by atoms with Gasteiger partial charge in [-0.05, 0) is 69.8 Å². The first kappa shape index (κ1) is 29.4. The van der Waals surface area contributed by atoms with Crippen LogP contribution in [0, 0.1) is 11.8 Å². The Morgan fingerprint density at radius 1 is 0.553 bits per heavy atom. The molecule has 2 aliphatic carbocycles. The van der Waals surface area contributed by atoms with E-state index in [1.165, 1.54) is 12.0 Å². The highest BCUT2D eigenvalue weighted by atomic mass is 35.5. The number of amides is 2. The second-order valence-corrected chi connectivity index (χ2v) is 13.0. The fourth-order valence-corrected chi connectivity index (χ4v) is 8.66. The van der Waals surface area contributed by atoms with Gasteiger partial charge in [-0.25, -0.2) is 4.90 Å². The SMILES string of the molecule is COc1ccccc1N1C(=O)[C@@H]2[C@H](C1=O)[C@@]1(c3ccc(Cl)cc3)C(=O)[C@@]2(c2ccc(Cl)cc2)C(c2ccccc2)=C1c1ccccc1. The Kier molecular flexibility index (Phi) is 6.76. The average Bonchev–Trinajstić information content (AvgIpc) is 3.61. The molecule has 230 valence electrons. The summed E-state index contributed by atoms with van der Waals surface area (Å²) in [5.74, 6) is -2.87. The van der Waals surface area contributed by atoms with Gasteiger partial charge in [0, 0.05) is 10.0 Å². The number of hydrogen-bond donors (Lipinski definition) is 0. The third-order valence-electron chi connectivity index (χ3n) is 10.0. The van der Waals surface area contributed by atoms with Crippen LogP contribution in [-0.2, 0) is 25.2 Å². The van der Waals surface area contributed by atoms with Gasteiger partial charge in [-0.15, -0.1) is 0 Å². The Morgan fingerprint density at radius 2 is 0.957 bits per heavy atom. The van der Waals surface area contributed by atoms with Gasteiger partial charge in [0.05, 0.1) is 35.5 Å². The van der Waals surface area contributed by atoms with Gasteiger partial charge >= 0.3 is 0 Å². The molecule has 1 heterocycles. The molecule has 47 heavy (non-hydrogen) atoms. The summed E-state index contributed by atoms with van der Waals surface area (Å²) in [4.78, 5) is 47.4. The molecule has 0 aromatic heterocycles. The summed E-state index contributed by atoms with van der Waals surface area (Å²) in [7, 11) is 1.50. The summed E-state index contributed by atoms with van der Waals surface area (Å²) in [6, 6.07) is 40.6. The molecule has 0 radical (unpaired) electrons. The minimum absolute atomic E-state index is 0.219. The molecular formula is C40H27Cl2NO4. The van der Waals surface area contributed by atoms with Crippen molar-refractivity contribution in [1.29, 1.82) is 0 Å². The van der Waals surface area contributed by atoms with Gasteiger partial charge in [0.25, 0.3) is 0 Å². The number of fused-ring (bicyclic) bond motifs is 5. The summed E-state index contributed by atoms with van der Waals surface area (Å²) in [5, 5.41) is 0.985. The average molecular weight is 657 g/mol. The summed E-state index contributed by atoms with van der Waals surface area (Å²) < 4.78 is 5.64. The Morgan fingerprint density at radius 3 is 1.38 bits per heavy atom. The molecule has 1 saturated carbocycles. The lowest BCUT2D eigenvalue weighted by atomic mass is 9.59. The zero-order valence-corrected chi connectivity index (χ0v) is 26.7. The predicted octanol–water partition coefficient (Wildman–Crippen LogP) is 8.19. The van der Waals surface area contributed by atoms with E-state index in [0.29, 0.717) is 43.8 Å². The molecule has 7 heteroatoms. The number of carbonyl (C=O) groups is 3. The van der Waals surface area contributed by atoms with Crippen molar-refractivity contribution in [2.75, 3.05) is 12.0 Å². The van der Waals surface area contributed by atoms with Gasteiger partial charge in [0.1, 0.15) is 5.75 Å². The number of allylic oxidation sites excluding steroid dienone is 2. The van der Waals surface area contributed by atoms with Crippen LogP contribution >= 0.6 is 23.2 Å². The second kappa shape index (κ2) is 10.8. The van der Waals surface area contributed by atoms with E-state index < -0.39 is 34.5 Å². The molecule has 2 bridgehead atoms. The maximum Gasteiger partial charge on any atom is 0.239 e. The van der Waals surface area contributed by atoms with Gasteiger partial charge in [-0.1, -0.05) is 120 Å². The van der Waals surface area contributed by atoms with Crippen LogP contribution in [0.1, 0.15) is 22.3 Å². The van der Waals surface area contributed by atoms with Gasteiger partial charge in [0.2, 0.25) is 11.8 Å². The third kappa shape index (κ3) is 3.81. The topological polar surface area (TPSA) is 63.7 Å². The van der Waals surface area contributed by atoms with Gasteiger partial charge in [-0.2, -0.15) is 0 Å². The van der Waals surface area contributed by atoms with Crippen LogP contribution in [0.5, 0.6) is 5.75 Å². The van der Waals surface area contributed by atoms with Gasteiger partial charge in [-0.3, -0.25) is 14.4 Å². The lowest BCUT2D eigenvalue weighted by molar-refractivity contribution is -0.130. The third-order valence-corrected chi connectivity index (χ3v) is 10.5. The van der Waals surface area contributed by atoms with Crippen molar-refractivity contribution in [3.8, 4) is 5.75 Å². The molecular weight excluding hydrogens is 629 g/mol. The Balaban J connectivity index is 1.56. The standard InChI is InChI=1S/C40H27Cl2NO4/c1-47-31-15-9-8-14-30(31)43-36(44)34-35(37(43)45)40(27-18-22-29(42)23-19-27)33(25-12-6-3-7-13-25)32(24-10-4-2-5-11-24)39(34,38(40)46)26-16-20-28(41)21-17-26/h2-23,34-35H,1H3/t34-,35+,39-,40-/m0/s1. The summed E-state index contributed by atoms with van der Waals surface area (Å²) in [6.45, 7) is 0. The Hall–Kier alpha value is -4.97. The summed E-state index contributed by atoms with van der Waals surface area (Å²) in [5.41, 5.74) is 1.46. The Bertz CT molecular complexity index is 1980. The molecule has 0 N–H and O–H groups in total. The van der Waals surface area contributed by atoms with Crippen LogP contribution in [0.3, 0.4) is 0 Å². The van der Waals surface area contributed by atoms with E-state index in [-0.39, 0.29) is 5.78 Å². The number of imide groups is 1. The molecule has 5 aromatic rings. The number of hydrogen-bond acceptors (Lipinski definition) is 4. The van der Waals surface area contributed by atoms with E-state index in [1.807, 2.05) is 84.9 Å². The van der Waals surface area contributed by atoms with Crippen LogP contribution in [0.4, 0.5) is 5.69 Å². The molecule has 2 fully saturated rings. The second-order valence-electron chi connectivity index (χ2n) is 12.1. The molecule has 5 nitrogen and oxygen atoms in total. The first-order valence-corrected chi connectivity index (χ1v) is 16.1. The number of anilines is 1. The van der Waals surface area contributed by atoms with Gasteiger partial charge in [0.15, 0.2) is 5.78 Å². The summed E-state index contributed by atoms with van der Waals surface area (Å²) in [6.07, 6.45) is 0. The number of rotatable bonds is 6. The number of para-hydroxylation sites is 2. The van der Waals surface area contributed by atoms with E-state index in [1.54, 1.807) is 48.5 Å². The minimum Gasteiger partial charge on any atom is -0.495 e. The maximum absolute atomic E-state index is 16.0. The quantitative estimate of drug-likeness (QED) is 0.173.